The highest BCUT2D eigenvalue weighted by atomic mass is 32.2. The molecule has 1 amide bonds. The molecule has 0 aromatic heterocycles. The Labute approximate surface area is 132 Å². The minimum atomic E-state index is 0.172. The van der Waals surface area contributed by atoms with E-state index >= 15 is 0 Å². The van der Waals surface area contributed by atoms with E-state index in [2.05, 4.69) is 18.5 Å². The topological polar surface area (TPSA) is 55.1 Å². The van der Waals surface area contributed by atoms with Gasteiger partial charge in [-0.3, -0.25) is 4.79 Å². The molecule has 0 heterocycles. The number of anilines is 1. The number of hydrogen-bond donors (Lipinski definition) is 2. The number of carbonyl (C=O) groups is 1. The van der Waals surface area contributed by atoms with Crippen molar-refractivity contribution in [1.29, 1.82) is 0 Å². The molecule has 1 saturated carbocycles. The number of amides is 1. The standard InChI is InChI=1S/C17H26N2OS/c1-12(13-7-9-14(18)10-8-13)11-17(20)19-15-5-3-4-6-16(15)21-2/h7-10,12,15-16H,3-6,11,18H2,1-2H3,(H,19,20). The molecule has 0 spiro atoms. The first-order valence-electron chi connectivity index (χ1n) is 7.77. The molecule has 3 nitrogen and oxygen atoms in total. The minimum absolute atomic E-state index is 0.172. The number of hydrogen-bond acceptors (Lipinski definition) is 3. The molecule has 1 fully saturated rings. The van der Waals surface area contributed by atoms with Crippen LogP contribution in [0.2, 0.25) is 0 Å². The van der Waals surface area contributed by atoms with Crippen molar-refractivity contribution in [3.05, 3.63) is 29.8 Å². The molecule has 2 rings (SSSR count). The fourth-order valence-electron chi connectivity index (χ4n) is 3.03. The molecule has 1 aromatic carbocycles. The molecular weight excluding hydrogens is 280 g/mol. The summed E-state index contributed by atoms with van der Waals surface area (Å²) in [6.07, 6.45) is 7.55. The van der Waals surface area contributed by atoms with Crippen molar-refractivity contribution in [2.24, 2.45) is 0 Å². The lowest BCUT2D eigenvalue weighted by molar-refractivity contribution is -0.122. The highest BCUT2D eigenvalue weighted by molar-refractivity contribution is 7.99. The van der Waals surface area contributed by atoms with Crippen LogP contribution in [0.15, 0.2) is 24.3 Å². The summed E-state index contributed by atoms with van der Waals surface area (Å²) in [6.45, 7) is 2.10. The maximum atomic E-state index is 12.3. The van der Waals surface area contributed by atoms with Crippen LogP contribution in [0.4, 0.5) is 5.69 Å². The van der Waals surface area contributed by atoms with Gasteiger partial charge in [0.15, 0.2) is 0 Å². The molecule has 1 aliphatic rings. The predicted octanol–water partition coefficient (Wildman–Crippen LogP) is 3.55. The van der Waals surface area contributed by atoms with Crippen molar-refractivity contribution in [3.8, 4) is 0 Å². The van der Waals surface area contributed by atoms with Gasteiger partial charge in [-0.2, -0.15) is 11.8 Å². The van der Waals surface area contributed by atoms with Gasteiger partial charge in [0.1, 0.15) is 0 Å². The van der Waals surface area contributed by atoms with Crippen molar-refractivity contribution in [2.75, 3.05) is 12.0 Å². The van der Waals surface area contributed by atoms with Crippen LogP contribution in [0.25, 0.3) is 0 Å². The third kappa shape index (κ3) is 4.67. The van der Waals surface area contributed by atoms with Gasteiger partial charge in [-0.15, -0.1) is 0 Å². The lowest BCUT2D eigenvalue weighted by Gasteiger charge is -2.31. The fraction of sp³-hybridized carbons (Fsp3) is 0.588. The zero-order chi connectivity index (χ0) is 15.2. The number of nitrogens with two attached hydrogens (primary N) is 1. The lowest BCUT2D eigenvalue weighted by Crippen LogP contribution is -2.43. The van der Waals surface area contributed by atoms with Crippen LogP contribution in [0.1, 0.15) is 50.5 Å². The monoisotopic (exact) mass is 306 g/mol. The Kier molecular flexibility index (Phi) is 5.97. The van der Waals surface area contributed by atoms with E-state index in [1.165, 1.54) is 24.8 Å². The minimum Gasteiger partial charge on any atom is -0.399 e. The quantitative estimate of drug-likeness (QED) is 0.818. The van der Waals surface area contributed by atoms with Gasteiger partial charge in [0, 0.05) is 23.4 Å². The van der Waals surface area contributed by atoms with E-state index in [9.17, 15) is 4.79 Å². The van der Waals surface area contributed by atoms with Crippen LogP contribution in [0.5, 0.6) is 0 Å². The van der Waals surface area contributed by atoms with Crippen molar-refractivity contribution < 1.29 is 4.79 Å². The second kappa shape index (κ2) is 7.74. The molecule has 3 N–H and O–H groups in total. The zero-order valence-corrected chi connectivity index (χ0v) is 13.8. The molecule has 0 saturated heterocycles. The summed E-state index contributed by atoms with van der Waals surface area (Å²) >= 11 is 1.88. The van der Waals surface area contributed by atoms with Gasteiger partial charge in [-0.25, -0.2) is 0 Å². The molecule has 0 aliphatic heterocycles. The number of thioether (sulfide) groups is 1. The van der Waals surface area contributed by atoms with Gasteiger partial charge in [0.25, 0.3) is 0 Å². The molecule has 0 radical (unpaired) electrons. The van der Waals surface area contributed by atoms with Crippen LogP contribution < -0.4 is 11.1 Å². The first kappa shape index (κ1) is 16.2. The number of carbonyl (C=O) groups excluding carboxylic acids is 1. The van der Waals surface area contributed by atoms with E-state index in [0.29, 0.717) is 17.7 Å². The van der Waals surface area contributed by atoms with E-state index < -0.39 is 0 Å². The Morgan fingerprint density at radius 1 is 1.33 bits per heavy atom. The third-order valence-corrected chi connectivity index (χ3v) is 5.52. The lowest BCUT2D eigenvalue weighted by atomic mass is 9.93. The second-order valence-electron chi connectivity index (χ2n) is 6.00. The molecule has 1 aliphatic carbocycles. The van der Waals surface area contributed by atoms with E-state index in [0.717, 1.165) is 12.1 Å². The molecule has 3 atom stereocenters. The van der Waals surface area contributed by atoms with Crippen molar-refractivity contribution in [1.82, 2.24) is 5.32 Å². The Morgan fingerprint density at radius 3 is 2.67 bits per heavy atom. The highest BCUT2D eigenvalue weighted by Crippen LogP contribution is 2.27. The number of benzene rings is 1. The van der Waals surface area contributed by atoms with Gasteiger partial charge >= 0.3 is 0 Å². The Bertz CT molecular complexity index is 460. The Hall–Kier alpha value is -1.16. The van der Waals surface area contributed by atoms with Crippen LogP contribution in [-0.2, 0) is 4.79 Å². The molecular formula is C17H26N2OS. The normalized spacial score (nSPS) is 23.5. The fourth-order valence-corrected chi connectivity index (χ4v) is 3.97. The summed E-state index contributed by atoms with van der Waals surface area (Å²) in [5.41, 5.74) is 7.64. The van der Waals surface area contributed by atoms with Gasteiger partial charge in [-0.1, -0.05) is 31.9 Å². The van der Waals surface area contributed by atoms with Crippen molar-refractivity contribution >= 4 is 23.4 Å². The highest BCUT2D eigenvalue weighted by Gasteiger charge is 2.26. The Morgan fingerprint density at radius 2 is 2.00 bits per heavy atom. The first-order valence-corrected chi connectivity index (χ1v) is 9.06. The van der Waals surface area contributed by atoms with Gasteiger partial charge in [0.05, 0.1) is 0 Å². The smallest absolute Gasteiger partial charge is 0.220 e. The maximum absolute atomic E-state index is 12.3. The van der Waals surface area contributed by atoms with Crippen LogP contribution in [0.3, 0.4) is 0 Å². The van der Waals surface area contributed by atoms with E-state index in [4.69, 9.17) is 5.73 Å². The maximum Gasteiger partial charge on any atom is 0.220 e. The van der Waals surface area contributed by atoms with Gasteiger partial charge in [-0.05, 0) is 42.7 Å². The van der Waals surface area contributed by atoms with Crippen LogP contribution in [0, 0.1) is 0 Å². The Balaban J connectivity index is 1.87. The van der Waals surface area contributed by atoms with Crippen molar-refractivity contribution in [3.63, 3.8) is 0 Å². The average molecular weight is 306 g/mol. The predicted molar refractivity (Wildman–Crippen MR) is 91.6 cm³/mol. The third-order valence-electron chi connectivity index (χ3n) is 4.35. The van der Waals surface area contributed by atoms with E-state index in [-0.39, 0.29) is 11.8 Å². The zero-order valence-electron chi connectivity index (χ0n) is 13.0. The van der Waals surface area contributed by atoms with Crippen LogP contribution in [-0.4, -0.2) is 23.5 Å². The average Bonchev–Trinajstić information content (AvgIpc) is 2.48. The molecule has 0 bridgehead atoms. The molecule has 3 unspecified atom stereocenters. The SMILES string of the molecule is CSC1CCCCC1NC(=O)CC(C)c1ccc(N)cc1. The van der Waals surface area contributed by atoms with Crippen molar-refractivity contribution in [2.45, 2.75) is 56.2 Å². The number of rotatable bonds is 5. The summed E-state index contributed by atoms with van der Waals surface area (Å²) in [5.74, 6) is 0.396. The molecule has 116 valence electrons. The summed E-state index contributed by atoms with van der Waals surface area (Å²) in [4.78, 5) is 12.3. The van der Waals surface area contributed by atoms with E-state index in [1.807, 2.05) is 36.0 Å². The number of nitrogens with one attached hydrogen (secondary N) is 1. The second-order valence-corrected chi connectivity index (χ2v) is 7.08. The summed E-state index contributed by atoms with van der Waals surface area (Å²) < 4.78 is 0. The summed E-state index contributed by atoms with van der Waals surface area (Å²) in [6, 6.07) is 8.17. The molecule has 1 aromatic rings. The largest absolute Gasteiger partial charge is 0.399 e. The molecule has 4 heteroatoms. The summed E-state index contributed by atoms with van der Waals surface area (Å²) in [7, 11) is 0. The van der Waals surface area contributed by atoms with Gasteiger partial charge < -0.3 is 11.1 Å². The molecule has 21 heavy (non-hydrogen) atoms. The number of nitrogen functional groups attached to an aromatic ring is 1. The van der Waals surface area contributed by atoms with E-state index in [1.54, 1.807) is 0 Å². The first-order chi connectivity index (χ1) is 10.1. The summed E-state index contributed by atoms with van der Waals surface area (Å²) in [5, 5.41) is 3.83. The van der Waals surface area contributed by atoms with Crippen LogP contribution >= 0.6 is 11.8 Å². The van der Waals surface area contributed by atoms with Gasteiger partial charge in [0.2, 0.25) is 5.91 Å².